The normalized spacial score (nSPS) is 16.5. The van der Waals surface area contributed by atoms with Crippen molar-refractivity contribution < 1.29 is 13.2 Å². The standard InChI is InChI=1S/C18H21N5O3S2/c1-12-15-10-14(11-19-17(15)22(2)21-12)20-18(24)13-5-7-23(8-6-13)28(25,26)16-4-3-9-27-16/h3-4,9-11,13H,5-8H2,1-2H3,(H,20,24). The van der Waals surface area contributed by atoms with Crippen LogP contribution in [0, 0.1) is 12.8 Å². The highest BCUT2D eigenvalue weighted by molar-refractivity contribution is 7.91. The summed E-state index contributed by atoms with van der Waals surface area (Å²) in [5.74, 6) is -0.323. The first-order valence-corrected chi connectivity index (χ1v) is 11.3. The van der Waals surface area contributed by atoms with Gasteiger partial charge in [0.2, 0.25) is 5.91 Å². The highest BCUT2D eigenvalue weighted by Gasteiger charge is 2.32. The lowest BCUT2D eigenvalue weighted by molar-refractivity contribution is -0.120. The molecule has 1 N–H and O–H groups in total. The molecule has 0 spiro atoms. The molecule has 1 amide bonds. The molecule has 3 aromatic heterocycles. The molecule has 0 unspecified atom stereocenters. The molecule has 8 nitrogen and oxygen atoms in total. The summed E-state index contributed by atoms with van der Waals surface area (Å²) in [6, 6.07) is 5.22. The maximum Gasteiger partial charge on any atom is 0.252 e. The van der Waals surface area contributed by atoms with E-state index in [1.165, 1.54) is 15.6 Å². The molecule has 0 atom stereocenters. The fourth-order valence-corrected chi connectivity index (χ4v) is 6.13. The molecule has 10 heteroatoms. The van der Waals surface area contributed by atoms with Crippen molar-refractivity contribution in [3.05, 3.63) is 35.5 Å². The largest absolute Gasteiger partial charge is 0.324 e. The average molecular weight is 420 g/mol. The fourth-order valence-electron chi connectivity index (χ4n) is 3.52. The fraction of sp³-hybridized carbons (Fsp3) is 0.389. The van der Waals surface area contributed by atoms with E-state index in [1.54, 1.807) is 28.4 Å². The van der Waals surface area contributed by atoms with Crippen LogP contribution in [0.15, 0.2) is 34.0 Å². The van der Waals surface area contributed by atoms with Crippen molar-refractivity contribution in [3.63, 3.8) is 0 Å². The van der Waals surface area contributed by atoms with Gasteiger partial charge in [-0.05, 0) is 37.3 Å². The van der Waals surface area contributed by atoms with Gasteiger partial charge in [-0.15, -0.1) is 11.3 Å². The van der Waals surface area contributed by atoms with E-state index in [0.29, 0.717) is 35.8 Å². The van der Waals surface area contributed by atoms with E-state index in [0.717, 1.165) is 16.7 Å². The van der Waals surface area contributed by atoms with Gasteiger partial charge in [-0.3, -0.25) is 9.48 Å². The van der Waals surface area contributed by atoms with Crippen molar-refractivity contribution in [2.75, 3.05) is 18.4 Å². The number of aryl methyl sites for hydroxylation is 2. The number of pyridine rings is 1. The van der Waals surface area contributed by atoms with Gasteiger partial charge in [0.15, 0.2) is 5.65 Å². The molecule has 3 aromatic rings. The summed E-state index contributed by atoms with van der Waals surface area (Å²) in [4.78, 5) is 17.0. The van der Waals surface area contributed by atoms with E-state index in [-0.39, 0.29) is 11.8 Å². The second-order valence-corrected chi connectivity index (χ2v) is 10.0. The Morgan fingerprint density at radius 3 is 2.75 bits per heavy atom. The lowest BCUT2D eigenvalue weighted by Crippen LogP contribution is -2.41. The summed E-state index contributed by atoms with van der Waals surface area (Å²) in [5.41, 5.74) is 2.25. The minimum Gasteiger partial charge on any atom is -0.324 e. The van der Waals surface area contributed by atoms with Crippen LogP contribution >= 0.6 is 11.3 Å². The molecule has 1 fully saturated rings. The van der Waals surface area contributed by atoms with Gasteiger partial charge in [0, 0.05) is 31.4 Å². The monoisotopic (exact) mass is 419 g/mol. The van der Waals surface area contributed by atoms with Crippen LogP contribution in [0.25, 0.3) is 11.0 Å². The maximum atomic E-state index is 12.7. The third-order valence-corrected chi connectivity index (χ3v) is 8.32. The van der Waals surface area contributed by atoms with Crippen molar-refractivity contribution in [1.82, 2.24) is 19.1 Å². The third-order valence-electron chi connectivity index (χ3n) is 5.04. The molecule has 1 aliphatic heterocycles. The Bertz CT molecular complexity index is 1110. The van der Waals surface area contributed by atoms with E-state index in [4.69, 9.17) is 0 Å². The predicted molar refractivity (Wildman–Crippen MR) is 108 cm³/mol. The Labute approximate surface area is 167 Å². The van der Waals surface area contributed by atoms with Crippen LogP contribution in [-0.2, 0) is 21.9 Å². The van der Waals surface area contributed by atoms with Crippen LogP contribution in [-0.4, -0.2) is 46.5 Å². The summed E-state index contributed by atoms with van der Waals surface area (Å²) < 4.78 is 28.7. The maximum absolute atomic E-state index is 12.7. The molecule has 0 saturated carbocycles. The van der Waals surface area contributed by atoms with Crippen molar-refractivity contribution in [1.29, 1.82) is 0 Å². The minimum atomic E-state index is -3.45. The van der Waals surface area contributed by atoms with Crippen LogP contribution in [0.2, 0.25) is 0 Å². The Morgan fingerprint density at radius 2 is 2.07 bits per heavy atom. The molecule has 4 heterocycles. The zero-order valence-corrected chi connectivity index (χ0v) is 17.3. The highest BCUT2D eigenvalue weighted by Crippen LogP contribution is 2.27. The number of hydrogen-bond donors (Lipinski definition) is 1. The second kappa shape index (κ2) is 7.26. The molecular formula is C18H21N5O3S2. The zero-order valence-electron chi connectivity index (χ0n) is 15.6. The third kappa shape index (κ3) is 3.43. The molecule has 1 saturated heterocycles. The van der Waals surface area contributed by atoms with E-state index >= 15 is 0 Å². The van der Waals surface area contributed by atoms with Gasteiger partial charge in [0.1, 0.15) is 4.21 Å². The van der Waals surface area contributed by atoms with E-state index in [1.807, 2.05) is 20.0 Å². The van der Waals surface area contributed by atoms with Crippen LogP contribution in [0.3, 0.4) is 0 Å². The van der Waals surface area contributed by atoms with Gasteiger partial charge in [-0.1, -0.05) is 6.07 Å². The van der Waals surface area contributed by atoms with Gasteiger partial charge in [-0.2, -0.15) is 9.40 Å². The predicted octanol–water partition coefficient (Wildman–Crippen LogP) is 2.38. The summed E-state index contributed by atoms with van der Waals surface area (Å²) in [6.07, 6.45) is 2.62. The van der Waals surface area contributed by atoms with Crippen LogP contribution in [0.1, 0.15) is 18.5 Å². The molecular weight excluding hydrogens is 398 g/mol. The first kappa shape index (κ1) is 19.0. The summed E-state index contributed by atoms with van der Waals surface area (Å²) in [5, 5.41) is 9.90. The molecule has 0 aromatic carbocycles. The lowest BCUT2D eigenvalue weighted by Gasteiger charge is -2.30. The zero-order chi connectivity index (χ0) is 19.9. The summed E-state index contributed by atoms with van der Waals surface area (Å²) in [6.45, 7) is 2.59. The first-order valence-electron chi connectivity index (χ1n) is 9.00. The topological polar surface area (TPSA) is 97.2 Å². The Morgan fingerprint density at radius 1 is 1.32 bits per heavy atom. The summed E-state index contributed by atoms with van der Waals surface area (Å²) >= 11 is 1.21. The van der Waals surface area contributed by atoms with Crippen molar-refractivity contribution >= 4 is 44.0 Å². The van der Waals surface area contributed by atoms with E-state index in [2.05, 4.69) is 15.4 Å². The Kier molecular flexibility index (Phi) is 4.94. The number of thiophene rings is 1. The number of piperidine rings is 1. The number of hydrogen-bond acceptors (Lipinski definition) is 6. The number of amides is 1. The highest BCUT2D eigenvalue weighted by atomic mass is 32.2. The molecule has 0 aliphatic carbocycles. The summed E-state index contributed by atoms with van der Waals surface area (Å²) in [7, 11) is -1.62. The molecule has 28 heavy (non-hydrogen) atoms. The number of nitrogens with one attached hydrogen (secondary N) is 1. The van der Waals surface area contributed by atoms with Crippen molar-refractivity contribution in [2.45, 2.75) is 24.0 Å². The van der Waals surface area contributed by atoms with E-state index in [9.17, 15) is 13.2 Å². The van der Waals surface area contributed by atoms with Crippen LogP contribution < -0.4 is 5.32 Å². The van der Waals surface area contributed by atoms with Gasteiger partial charge in [0.25, 0.3) is 10.0 Å². The second-order valence-electron chi connectivity index (χ2n) is 6.90. The molecule has 148 valence electrons. The van der Waals surface area contributed by atoms with Gasteiger partial charge in [-0.25, -0.2) is 13.4 Å². The number of fused-ring (bicyclic) bond motifs is 1. The van der Waals surface area contributed by atoms with Gasteiger partial charge in [0.05, 0.1) is 17.6 Å². The Balaban J connectivity index is 1.41. The number of nitrogens with zero attached hydrogens (tertiary/aromatic N) is 4. The molecule has 4 rings (SSSR count). The lowest BCUT2D eigenvalue weighted by atomic mass is 9.97. The van der Waals surface area contributed by atoms with Gasteiger partial charge >= 0.3 is 0 Å². The van der Waals surface area contributed by atoms with Crippen LogP contribution in [0.4, 0.5) is 5.69 Å². The van der Waals surface area contributed by atoms with Crippen molar-refractivity contribution in [2.24, 2.45) is 13.0 Å². The average Bonchev–Trinajstić information content (AvgIpc) is 3.31. The molecule has 0 radical (unpaired) electrons. The number of sulfonamides is 1. The number of anilines is 1. The minimum absolute atomic E-state index is 0.101. The number of aromatic nitrogens is 3. The van der Waals surface area contributed by atoms with E-state index < -0.39 is 10.0 Å². The first-order chi connectivity index (χ1) is 13.4. The quantitative estimate of drug-likeness (QED) is 0.700. The smallest absolute Gasteiger partial charge is 0.252 e. The molecule has 0 bridgehead atoms. The SMILES string of the molecule is Cc1nn(C)c2ncc(NC(=O)C3CCN(S(=O)(=O)c4cccs4)CC3)cc12. The molecule has 1 aliphatic rings. The van der Waals surface area contributed by atoms with Crippen molar-refractivity contribution in [3.8, 4) is 0 Å². The van der Waals surface area contributed by atoms with Crippen LogP contribution in [0.5, 0.6) is 0 Å². The van der Waals surface area contributed by atoms with Gasteiger partial charge < -0.3 is 5.32 Å². The number of rotatable bonds is 4. The Hall–Kier alpha value is -2.30. The number of carbonyl (C=O) groups is 1. The number of carbonyl (C=O) groups excluding carboxylic acids is 1.